The summed E-state index contributed by atoms with van der Waals surface area (Å²) in [6.45, 7) is -0.281. The van der Waals surface area contributed by atoms with E-state index in [2.05, 4.69) is 5.32 Å². The second kappa shape index (κ2) is 8.31. The Bertz CT molecular complexity index is 719. The van der Waals surface area contributed by atoms with Crippen molar-refractivity contribution in [3.8, 4) is 0 Å². The van der Waals surface area contributed by atoms with E-state index in [1.54, 1.807) is 24.3 Å². The molecule has 0 aromatic heterocycles. The molecule has 0 fully saturated rings. The quantitative estimate of drug-likeness (QED) is 0.766. The topological polar surface area (TPSA) is 66.4 Å². The van der Waals surface area contributed by atoms with E-state index in [9.17, 15) is 23.5 Å². The second-order valence-electron chi connectivity index (χ2n) is 5.26. The van der Waals surface area contributed by atoms with Gasteiger partial charge in [-0.05, 0) is 17.7 Å². The molecule has 1 atom stereocenters. The summed E-state index contributed by atoms with van der Waals surface area (Å²) in [5, 5.41) is 12.0. The second-order valence-corrected chi connectivity index (χ2v) is 5.26. The first-order valence-corrected chi connectivity index (χ1v) is 7.44. The van der Waals surface area contributed by atoms with Gasteiger partial charge in [0.1, 0.15) is 11.6 Å². The lowest BCUT2D eigenvalue weighted by Gasteiger charge is -2.16. The molecule has 0 saturated heterocycles. The SMILES string of the molecule is O=C(CCC(=O)c1ccc(F)cc1F)N[C@H](CO)c1ccccc1. The summed E-state index contributed by atoms with van der Waals surface area (Å²) in [6, 6.07) is 11.0. The first-order chi connectivity index (χ1) is 11.5. The van der Waals surface area contributed by atoms with Crippen LogP contribution in [-0.4, -0.2) is 23.4 Å². The number of benzene rings is 2. The molecule has 4 nitrogen and oxygen atoms in total. The van der Waals surface area contributed by atoms with E-state index < -0.39 is 29.4 Å². The molecule has 0 radical (unpaired) electrons. The lowest BCUT2D eigenvalue weighted by molar-refractivity contribution is -0.122. The monoisotopic (exact) mass is 333 g/mol. The van der Waals surface area contributed by atoms with Crippen molar-refractivity contribution in [1.29, 1.82) is 0 Å². The van der Waals surface area contributed by atoms with Crippen LogP contribution in [0.5, 0.6) is 0 Å². The van der Waals surface area contributed by atoms with Crippen molar-refractivity contribution in [2.45, 2.75) is 18.9 Å². The molecule has 0 aliphatic rings. The summed E-state index contributed by atoms with van der Waals surface area (Å²) in [4.78, 5) is 23.8. The van der Waals surface area contributed by atoms with Crippen molar-refractivity contribution in [3.05, 3.63) is 71.3 Å². The minimum Gasteiger partial charge on any atom is -0.394 e. The molecule has 2 rings (SSSR count). The zero-order valence-corrected chi connectivity index (χ0v) is 12.8. The first-order valence-electron chi connectivity index (χ1n) is 7.44. The van der Waals surface area contributed by atoms with Gasteiger partial charge in [0.15, 0.2) is 5.78 Å². The highest BCUT2D eigenvalue weighted by Crippen LogP contribution is 2.14. The number of aliphatic hydroxyl groups is 1. The molecule has 0 aliphatic heterocycles. The number of carbonyl (C=O) groups is 2. The van der Waals surface area contributed by atoms with Crippen molar-refractivity contribution in [3.63, 3.8) is 0 Å². The van der Waals surface area contributed by atoms with E-state index in [-0.39, 0.29) is 25.0 Å². The Kier molecular flexibility index (Phi) is 6.14. The van der Waals surface area contributed by atoms with Gasteiger partial charge in [-0.3, -0.25) is 9.59 Å². The Morgan fingerprint density at radius 2 is 1.75 bits per heavy atom. The van der Waals surface area contributed by atoms with Gasteiger partial charge in [-0.2, -0.15) is 0 Å². The van der Waals surface area contributed by atoms with Gasteiger partial charge in [0.25, 0.3) is 0 Å². The smallest absolute Gasteiger partial charge is 0.221 e. The molecular weight excluding hydrogens is 316 g/mol. The number of rotatable bonds is 7. The molecule has 0 heterocycles. The third-order valence-electron chi connectivity index (χ3n) is 3.53. The van der Waals surface area contributed by atoms with Gasteiger partial charge in [0.05, 0.1) is 18.2 Å². The number of hydrogen-bond acceptors (Lipinski definition) is 3. The van der Waals surface area contributed by atoms with Crippen LogP contribution in [0.25, 0.3) is 0 Å². The number of hydrogen-bond donors (Lipinski definition) is 2. The molecule has 6 heteroatoms. The Balaban J connectivity index is 1.91. The van der Waals surface area contributed by atoms with Crippen LogP contribution in [0.3, 0.4) is 0 Å². The van der Waals surface area contributed by atoms with Crippen LogP contribution in [0.15, 0.2) is 48.5 Å². The molecular formula is C18H17F2NO3. The third kappa shape index (κ3) is 4.70. The summed E-state index contributed by atoms with van der Waals surface area (Å²) in [5.41, 5.74) is 0.496. The number of nitrogens with one attached hydrogen (secondary N) is 1. The van der Waals surface area contributed by atoms with Crippen LogP contribution in [0.4, 0.5) is 8.78 Å². The number of halogens is 2. The standard InChI is InChI=1S/C18H17F2NO3/c19-13-6-7-14(15(20)10-13)17(23)8-9-18(24)21-16(11-22)12-4-2-1-3-5-12/h1-7,10,16,22H,8-9,11H2,(H,21,24)/t16-/m1/s1. The molecule has 126 valence electrons. The van der Waals surface area contributed by atoms with E-state index in [1.165, 1.54) is 0 Å². The molecule has 1 amide bonds. The Labute approximate surface area is 138 Å². The zero-order chi connectivity index (χ0) is 17.5. The fourth-order valence-electron chi connectivity index (χ4n) is 2.26. The van der Waals surface area contributed by atoms with Crippen molar-refractivity contribution in [1.82, 2.24) is 5.32 Å². The average molecular weight is 333 g/mol. The van der Waals surface area contributed by atoms with E-state index in [4.69, 9.17) is 0 Å². The summed E-state index contributed by atoms with van der Waals surface area (Å²) >= 11 is 0. The lowest BCUT2D eigenvalue weighted by atomic mass is 10.0. The molecule has 24 heavy (non-hydrogen) atoms. The van der Waals surface area contributed by atoms with Gasteiger partial charge in [-0.15, -0.1) is 0 Å². The number of carbonyl (C=O) groups excluding carboxylic acids is 2. The first kappa shape index (κ1) is 17.7. The minimum absolute atomic E-state index is 0.154. The number of ketones is 1. The highest BCUT2D eigenvalue weighted by atomic mass is 19.1. The highest BCUT2D eigenvalue weighted by Gasteiger charge is 2.17. The fourth-order valence-corrected chi connectivity index (χ4v) is 2.26. The lowest BCUT2D eigenvalue weighted by Crippen LogP contribution is -2.31. The summed E-state index contributed by atoms with van der Waals surface area (Å²) < 4.78 is 26.3. The van der Waals surface area contributed by atoms with Gasteiger partial charge in [0.2, 0.25) is 5.91 Å². The molecule has 2 aromatic rings. The Morgan fingerprint density at radius 1 is 1.04 bits per heavy atom. The van der Waals surface area contributed by atoms with Crippen LogP contribution < -0.4 is 5.32 Å². The molecule has 0 saturated carbocycles. The van der Waals surface area contributed by atoms with Crippen LogP contribution >= 0.6 is 0 Å². The number of amides is 1. The molecule has 0 aliphatic carbocycles. The van der Waals surface area contributed by atoms with Gasteiger partial charge in [-0.1, -0.05) is 30.3 Å². The Hall–Kier alpha value is -2.60. The van der Waals surface area contributed by atoms with Crippen molar-refractivity contribution < 1.29 is 23.5 Å². The summed E-state index contributed by atoms with van der Waals surface area (Å²) in [7, 11) is 0. The van der Waals surface area contributed by atoms with E-state index >= 15 is 0 Å². The zero-order valence-electron chi connectivity index (χ0n) is 12.8. The molecule has 0 bridgehead atoms. The summed E-state index contributed by atoms with van der Waals surface area (Å²) in [5.74, 6) is -2.73. The van der Waals surface area contributed by atoms with Gasteiger partial charge >= 0.3 is 0 Å². The maximum atomic E-state index is 13.5. The van der Waals surface area contributed by atoms with E-state index in [1.807, 2.05) is 6.07 Å². The van der Waals surface area contributed by atoms with Crippen molar-refractivity contribution in [2.24, 2.45) is 0 Å². The van der Waals surface area contributed by atoms with Crippen LogP contribution in [0, 0.1) is 11.6 Å². The Morgan fingerprint density at radius 3 is 2.38 bits per heavy atom. The summed E-state index contributed by atoms with van der Waals surface area (Å²) in [6.07, 6.45) is -0.361. The number of Topliss-reactive ketones (excluding diaryl/α,β-unsaturated/α-hetero) is 1. The molecule has 0 spiro atoms. The normalized spacial score (nSPS) is 11.8. The predicted octanol–water partition coefficient (Wildman–Crippen LogP) is 2.78. The maximum absolute atomic E-state index is 13.5. The van der Waals surface area contributed by atoms with Crippen molar-refractivity contribution in [2.75, 3.05) is 6.61 Å². The predicted molar refractivity (Wildman–Crippen MR) is 84.3 cm³/mol. The highest BCUT2D eigenvalue weighted by molar-refractivity contribution is 5.98. The maximum Gasteiger partial charge on any atom is 0.221 e. The van der Waals surface area contributed by atoms with Crippen LogP contribution in [0.1, 0.15) is 34.8 Å². The average Bonchev–Trinajstić information content (AvgIpc) is 2.58. The van der Waals surface area contributed by atoms with Crippen LogP contribution in [0.2, 0.25) is 0 Å². The molecule has 2 N–H and O–H groups in total. The van der Waals surface area contributed by atoms with E-state index in [0.29, 0.717) is 6.07 Å². The van der Waals surface area contributed by atoms with E-state index in [0.717, 1.165) is 17.7 Å². The van der Waals surface area contributed by atoms with Crippen molar-refractivity contribution >= 4 is 11.7 Å². The van der Waals surface area contributed by atoms with Crippen LogP contribution in [-0.2, 0) is 4.79 Å². The van der Waals surface area contributed by atoms with Gasteiger partial charge in [-0.25, -0.2) is 8.78 Å². The number of aliphatic hydroxyl groups excluding tert-OH is 1. The largest absolute Gasteiger partial charge is 0.394 e. The minimum atomic E-state index is -0.946. The molecule has 0 unspecified atom stereocenters. The third-order valence-corrected chi connectivity index (χ3v) is 3.53. The van der Waals surface area contributed by atoms with Gasteiger partial charge in [0, 0.05) is 18.9 Å². The fraction of sp³-hybridized carbons (Fsp3) is 0.222. The molecule has 2 aromatic carbocycles. The van der Waals surface area contributed by atoms with Gasteiger partial charge < -0.3 is 10.4 Å².